The molecule has 192 valence electrons. The number of alkyl carbamates (subject to hydrolysis) is 1. The van der Waals surface area contributed by atoms with Gasteiger partial charge in [0.15, 0.2) is 0 Å². The van der Waals surface area contributed by atoms with Gasteiger partial charge in [0.25, 0.3) is 5.91 Å². The Labute approximate surface area is 209 Å². The zero-order valence-corrected chi connectivity index (χ0v) is 20.8. The van der Waals surface area contributed by atoms with Crippen LogP contribution in [0.1, 0.15) is 31.9 Å². The molecule has 0 aliphatic carbocycles. The Kier molecular flexibility index (Phi) is 10.1. The maximum absolute atomic E-state index is 13.1. The van der Waals surface area contributed by atoms with Crippen molar-refractivity contribution in [3.63, 3.8) is 0 Å². The van der Waals surface area contributed by atoms with Crippen LogP contribution < -0.4 is 16.0 Å². The summed E-state index contributed by atoms with van der Waals surface area (Å²) >= 11 is 0. The lowest BCUT2D eigenvalue weighted by Crippen LogP contribution is -2.47. The van der Waals surface area contributed by atoms with Crippen molar-refractivity contribution < 1.29 is 33.4 Å². The summed E-state index contributed by atoms with van der Waals surface area (Å²) in [6.07, 6.45) is -0.735. The topological polar surface area (TPSA) is 140 Å². The van der Waals surface area contributed by atoms with E-state index in [4.69, 9.17) is 4.74 Å². The number of nitrogens with one attached hydrogen (secondary N) is 3. The first kappa shape index (κ1) is 28.0. The standard InChI is InChI=1S/C26H31N3O7/c1-26(2,3)36-25(34)29-20(14-17-9-6-5-7-10-17)23(32)28-19-12-8-11-18(13-19)15-21(30)24(33)27-16-22(31)35-4/h5-13,20H,14-16H2,1-4H3,(H,27,33)(H,28,32)(H,29,34)/t20-/m0/s1. The fourth-order valence-electron chi connectivity index (χ4n) is 3.09. The summed E-state index contributed by atoms with van der Waals surface area (Å²) in [5.74, 6) is -2.83. The first-order valence-corrected chi connectivity index (χ1v) is 11.3. The van der Waals surface area contributed by atoms with Crippen LogP contribution in [0, 0.1) is 0 Å². The van der Waals surface area contributed by atoms with Gasteiger partial charge in [-0.25, -0.2) is 4.79 Å². The highest BCUT2D eigenvalue weighted by molar-refractivity contribution is 6.36. The number of carbonyl (C=O) groups is 5. The first-order valence-electron chi connectivity index (χ1n) is 11.3. The fraction of sp³-hybridized carbons (Fsp3) is 0.346. The van der Waals surface area contributed by atoms with Gasteiger partial charge in [-0.15, -0.1) is 0 Å². The lowest BCUT2D eigenvalue weighted by molar-refractivity contribution is -0.143. The molecule has 1 atom stereocenters. The predicted molar refractivity (Wildman–Crippen MR) is 132 cm³/mol. The van der Waals surface area contributed by atoms with Crippen LogP contribution in [0.15, 0.2) is 54.6 Å². The van der Waals surface area contributed by atoms with E-state index in [2.05, 4.69) is 20.7 Å². The van der Waals surface area contributed by atoms with Crippen molar-refractivity contribution in [2.75, 3.05) is 19.0 Å². The van der Waals surface area contributed by atoms with E-state index in [9.17, 15) is 24.0 Å². The van der Waals surface area contributed by atoms with Crippen molar-refractivity contribution in [1.82, 2.24) is 10.6 Å². The predicted octanol–water partition coefficient (Wildman–Crippen LogP) is 2.16. The van der Waals surface area contributed by atoms with E-state index >= 15 is 0 Å². The molecular weight excluding hydrogens is 466 g/mol. The minimum Gasteiger partial charge on any atom is -0.468 e. The summed E-state index contributed by atoms with van der Waals surface area (Å²) in [5, 5.41) is 7.54. The highest BCUT2D eigenvalue weighted by atomic mass is 16.6. The molecule has 0 heterocycles. The average molecular weight is 498 g/mol. The normalized spacial score (nSPS) is 11.6. The molecule has 36 heavy (non-hydrogen) atoms. The van der Waals surface area contributed by atoms with Gasteiger partial charge in [-0.1, -0.05) is 42.5 Å². The molecular formula is C26H31N3O7. The number of benzene rings is 2. The Morgan fingerprint density at radius 1 is 0.917 bits per heavy atom. The molecule has 0 bridgehead atoms. The van der Waals surface area contributed by atoms with Gasteiger partial charge in [0.05, 0.1) is 7.11 Å². The first-order chi connectivity index (χ1) is 17.0. The molecule has 0 spiro atoms. The van der Waals surface area contributed by atoms with Crippen molar-refractivity contribution in [3.8, 4) is 0 Å². The van der Waals surface area contributed by atoms with Crippen LogP contribution in [0.4, 0.5) is 10.5 Å². The molecule has 10 nitrogen and oxygen atoms in total. The van der Waals surface area contributed by atoms with Crippen molar-refractivity contribution in [3.05, 3.63) is 65.7 Å². The maximum Gasteiger partial charge on any atom is 0.408 e. The number of hydrogen-bond donors (Lipinski definition) is 3. The number of amides is 3. The Bertz CT molecular complexity index is 1090. The van der Waals surface area contributed by atoms with Crippen molar-refractivity contribution in [2.24, 2.45) is 0 Å². The van der Waals surface area contributed by atoms with Gasteiger partial charge in [0.1, 0.15) is 18.2 Å². The quantitative estimate of drug-likeness (QED) is 0.338. The lowest BCUT2D eigenvalue weighted by Gasteiger charge is -2.23. The molecule has 0 saturated carbocycles. The Morgan fingerprint density at radius 2 is 1.58 bits per heavy atom. The summed E-state index contributed by atoms with van der Waals surface area (Å²) in [4.78, 5) is 60.6. The van der Waals surface area contributed by atoms with Crippen LogP contribution in [0.3, 0.4) is 0 Å². The molecule has 2 rings (SSSR count). The number of methoxy groups -OCH3 is 1. The molecule has 3 N–H and O–H groups in total. The van der Waals surface area contributed by atoms with Crippen LogP contribution >= 0.6 is 0 Å². The monoisotopic (exact) mass is 497 g/mol. The zero-order chi connectivity index (χ0) is 26.7. The van der Waals surface area contributed by atoms with Gasteiger partial charge in [0.2, 0.25) is 11.7 Å². The lowest BCUT2D eigenvalue weighted by atomic mass is 10.0. The number of anilines is 1. The third kappa shape index (κ3) is 9.96. The molecule has 0 unspecified atom stereocenters. The van der Waals surface area contributed by atoms with E-state index in [1.807, 2.05) is 30.3 Å². The number of hydrogen-bond acceptors (Lipinski definition) is 7. The number of ketones is 1. The van der Waals surface area contributed by atoms with E-state index in [1.165, 1.54) is 7.11 Å². The molecule has 2 aromatic carbocycles. The van der Waals surface area contributed by atoms with Crippen LogP contribution in [0.25, 0.3) is 0 Å². The van der Waals surface area contributed by atoms with E-state index in [1.54, 1.807) is 45.0 Å². The Morgan fingerprint density at radius 3 is 2.22 bits per heavy atom. The summed E-state index contributed by atoms with van der Waals surface area (Å²) in [5.41, 5.74) is 0.961. The van der Waals surface area contributed by atoms with E-state index in [0.29, 0.717) is 11.3 Å². The second-order valence-corrected chi connectivity index (χ2v) is 8.94. The molecule has 0 aromatic heterocycles. The molecule has 3 amide bonds. The average Bonchev–Trinajstić information content (AvgIpc) is 2.81. The summed E-state index contributed by atoms with van der Waals surface area (Å²) in [6, 6.07) is 14.7. The molecule has 0 radical (unpaired) electrons. The number of Topliss-reactive ketones (excluding diaryl/α,β-unsaturated/α-hetero) is 1. The highest BCUT2D eigenvalue weighted by Crippen LogP contribution is 2.14. The van der Waals surface area contributed by atoms with Gasteiger partial charge < -0.3 is 25.4 Å². The largest absolute Gasteiger partial charge is 0.468 e. The van der Waals surface area contributed by atoms with Crippen LogP contribution in [-0.4, -0.2) is 55.0 Å². The summed E-state index contributed by atoms with van der Waals surface area (Å²) in [6.45, 7) is 4.76. The van der Waals surface area contributed by atoms with E-state index in [0.717, 1.165) is 5.56 Å². The Balaban J connectivity index is 2.08. The minimum atomic E-state index is -0.934. The van der Waals surface area contributed by atoms with Gasteiger partial charge >= 0.3 is 12.1 Å². The SMILES string of the molecule is COC(=O)CNC(=O)C(=O)Cc1cccc(NC(=O)[C@H](Cc2ccccc2)NC(=O)OC(C)(C)C)c1. The summed E-state index contributed by atoms with van der Waals surface area (Å²) in [7, 11) is 1.17. The molecule has 0 aliphatic rings. The van der Waals surface area contributed by atoms with E-state index in [-0.39, 0.29) is 12.8 Å². The maximum atomic E-state index is 13.1. The van der Waals surface area contributed by atoms with Gasteiger partial charge in [-0.2, -0.15) is 0 Å². The molecule has 0 saturated heterocycles. The smallest absolute Gasteiger partial charge is 0.408 e. The second-order valence-electron chi connectivity index (χ2n) is 8.94. The second kappa shape index (κ2) is 13.0. The van der Waals surface area contributed by atoms with Crippen LogP contribution in [-0.2, 0) is 41.5 Å². The number of ether oxygens (including phenoxy) is 2. The number of carbonyl (C=O) groups excluding carboxylic acids is 5. The van der Waals surface area contributed by atoms with E-state index < -0.39 is 47.8 Å². The third-order valence-electron chi connectivity index (χ3n) is 4.72. The van der Waals surface area contributed by atoms with Crippen LogP contribution in [0.2, 0.25) is 0 Å². The van der Waals surface area contributed by atoms with Crippen molar-refractivity contribution >= 4 is 35.3 Å². The fourth-order valence-corrected chi connectivity index (χ4v) is 3.09. The molecule has 2 aromatic rings. The Hall–Kier alpha value is -4.21. The minimum absolute atomic E-state index is 0.227. The van der Waals surface area contributed by atoms with Gasteiger partial charge in [0, 0.05) is 18.5 Å². The highest BCUT2D eigenvalue weighted by Gasteiger charge is 2.25. The zero-order valence-electron chi connectivity index (χ0n) is 20.8. The van der Waals surface area contributed by atoms with Crippen molar-refractivity contribution in [1.29, 1.82) is 0 Å². The molecule has 10 heteroatoms. The molecule has 0 fully saturated rings. The molecule has 0 aliphatic heterocycles. The van der Waals surface area contributed by atoms with Gasteiger partial charge in [-0.3, -0.25) is 19.2 Å². The third-order valence-corrected chi connectivity index (χ3v) is 4.72. The summed E-state index contributed by atoms with van der Waals surface area (Å²) < 4.78 is 9.72. The van der Waals surface area contributed by atoms with Gasteiger partial charge in [-0.05, 0) is 44.0 Å². The number of rotatable bonds is 10. The van der Waals surface area contributed by atoms with Crippen molar-refractivity contribution in [2.45, 2.75) is 45.3 Å². The number of esters is 1. The van der Waals surface area contributed by atoms with Crippen LogP contribution in [0.5, 0.6) is 0 Å².